The van der Waals surface area contributed by atoms with Crippen LogP contribution in [-0.4, -0.2) is 21.6 Å². The molecule has 0 aliphatic rings. The van der Waals surface area contributed by atoms with E-state index >= 15 is 0 Å². The topological polar surface area (TPSA) is 59.9 Å². The summed E-state index contributed by atoms with van der Waals surface area (Å²) in [6, 6.07) is 7.19. The third kappa shape index (κ3) is 3.54. The van der Waals surface area contributed by atoms with E-state index in [1.807, 2.05) is 6.92 Å². The zero-order valence-electron chi connectivity index (χ0n) is 15.4. The smallest absolute Gasteiger partial charge is 0.417 e. The van der Waals surface area contributed by atoms with Crippen LogP contribution in [0.25, 0.3) is 22.3 Å². The highest BCUT2D eigenvalue weighted by Gasteiger charge is 2.35. The molecular formula is C19H18F3N3O2S. The average molecular weight is 409 g/mol. The van der Waals surface area contributed by atoms with Gasteiger partial charge in [0, 0.05) is 11.6 Å². The van der Waals surface area contributed by atoms with Gasteiger partial charge in [-0.3, -0.25) is 14.3 Å². The van der Waals surface area contributed by atoms with Gasteiger partial charge < -0.3 is 4.74 Å². The number of alkyl halides is 3. The van der Waals surface area contributed by atoms with Crippen LogP contribution in [0, 0.1) is 4.77 Å². The number of benzene rings is 1. The first kappa shape index (κ1) is 20.1. The maximum Gasteiger partial charge on any atom is 0.417 e. The monoisotopic (exact) mass is 409 g/mol. The molecule has 0 fully saturated rings. The van der Waals surface area contributed by atoms with Gasteiger partial charge >= 0.3 is 6.18 Å². The number of methoxy groups -OCH3 is 1. The van der Waals surface area contributed by atoms with Crippen LogP contribution in [-0.2, 0) is 6.18 Å². The van der Waals surface area contributed by atoms with E-state index in [-0.39, 0.29) is 22.2 Å². The number of rotatable bonds is 4. The van der Waals surface area contributed by atoms with Crippen LogP contribution in [0.3, 0.4) is 0 Å². The van der Waals surface area contributed by atoms with Crippen molar-refractivity contribution in [2.75, 3.05) is 7.11 Å². The van der Waals surface area contributed by atoms with E-state index in [2.05, 4.69) is 9.97 Å². The fraction of sp³-hybridized carbons (Fsp3) is 0.316. The lowest BCUT2D eigenvalue weighted by atomic mass is 10.1. The van der Waals surface area contributed by atoms with Gasteiger partial charge in [-0.15, -0.1) is 0 Å². The summed E-state index contributed by atoms with van der Waals surface area (Å²) in [7, 11) is 1.47. The molecule has 0 aliphatic heterocycles. The Morgan fingerprint density at radius 2 is 2.04 bits per heavy atom. The van der Waals surface area contributed by atoms with Crippen molar-refractivity contribution in [1.82, 2.24) is 14.5 Å². The molecule has 3 rings (SSSR count). The molecule has 5 nitrogen and oxygen atoms in total. The predicted molar refractivity (Wildman–Crippen MR) is 103 cm³/mol. The van der Waals surface area contributed by atoms with Crippen LogP contribution in [0.1, 0.15) is 31.9 Å². The fourth-order valence-electron chi connectivity index (χ4n) is 2.99. The summed E-state index contributed by atoms with van der Waals surface area (Å²) < 4.78 is 48.1. The van der Waals surface area contributed by atoms with E-state index in [9.17, 15) is 18.0 Å². The SMILES string of the molecule is CCC(C)n1c(=S)[nH]c(=O)c2c(C(F)(F)F)cc(-c3cccc(OC)c3)nc21. The number of aromatic amines is 1. The van der Waals surface area contributed by atoms with Gasteiger partial charge in [0.05, 0.1) is 23.8 Å². The maximum atomic E-state index is 13.8. The van der Waals surface area contributed by atoms with Gasteiger partial charge in [-0.05, 0) is 43.8 Å². The molecule has 1 unspecified atom stereocenters. The minimum Gasteiger partial charge on any atom is -0.497 e. The first-order chi connectivity index (χ1) is 13.2. The number of nitrogens with zero attached hydrogens (tertiary/aromatic N) is 2. The lowest BCUT2D eigenvalue weighted by molar-refractivity contribution is -0.136. The minimum absolute atomic E-state index is 0.0373. The van der Waals surface area contributed by atoms with Crippen LogP contribution in [0.15, 0.2) is 35.1 Å². The number of pyridine rings is 1. The van der Waals surface area contributed by atoms with Gasteiger partial charge in [-0.2, -0.15) is 13.2 Å². The van der Waals surface area contributed by atoms with Gasteiger partial charge in [-0.25, -0.2) is 4.98 Å². The highest BCUT2D eigenvalue weighted by Crippen LogP contribution is 2.36. The van der Waals surface area contributed by atoms with Crippen LogP contribution < -0.4 is 10.3 Å². The zero-order valence-corrected chi connectivity index (χ0v) is 16.2. The molecule has 2 aromatic heterocycles. The number of ether oxygens (including phenoxy) is 1. The molecule has 0 radical (unpaired) electrons. The minimum atomic E-state index is -4.74. The Morgan fingerprint density at radius 1 is 1.32 bits per heavy atom. The van der Waals surface area contributed by atoms with E-state index in [1.54, 1.807) is 31.2 Å². The van der Waals surface area contributed by atoms with Crippen molar-refractivity contribution in [3.05, 3.63) is 51.0 Å². The third-order valence-electron chi connectivity index (χ3n) is 4.60. The quantitative estimate of drug-likeness (QED) is 0.608. The Kier molecular flexibility index (Phi) is 5.29. The van der Waals surface area contributed by atoms with Crippen molar-refractivity contribution in [3.63, 3.8) is 0 Å². The van der Waals surface area contributed by atoms with E-state index in [0.29, 0.717) is 17.7 Å². The second-order valence-corrected chi connectivity index (χ2v) is 6.76. The van der Waals surface area contributed by atoms with Crippen LogP contribution in [0.5, 0.6) is 5.75 Å². The molecule has 1 atom stereocenters. The Bertz CT molecular complexity index is 1150. The summed E-state index contributed by atoms with van der Waals surface area (Å²) >= 11 is 5.21. The molecule has 0 amide bonds. The lowest BCUT2D eigenvalue weighted by Crippen LogP contribution is -2.22. The number of nitrogens with one attached hydrogen (secondary N) is 1. The Hall–Kier alpha value is -2.68. The molecule has 148 valence electrons. The summed E-state index contributed by atoms with van der Waals surface area (Å²) in [6.45, 7) is 3.68. The molecule has 1 N–H and O–H groups in total. The van der Waals surface area contributed by atoms with E-state index < -0.39 is 22.7 Å². The highest BCUT2D eigenvalue weighted by atomic mass is 32.1. The molecule has 3 aromatic rings. The largest absolute Gasteiger partial charge is 0.497 e. The molecule has 0 spiro atoms. The molecule has 1 aromatic carbocycles. The second-order valence-electron chi connectivity index (χ2n) is 6.37. The van der Waals surface area contributed by atoms with Gasteiger partial charge in [0.1, 0.15) is 11.4 Å². The first-order valence-corrected chi connectivity index (χ1v) is 8.99. The van der Waals surface area contributed by atoms with Crippen LogP contribution in [0.2, 0.25) is 0 Å². The van der Waals surface area contributed by atoms with Crippen LogP contribution in [0.4, 0.5) is 13.2 Å². The summed E-state index contributed by atoms with van der Waals surface area (Å²) in [5.74, 6) is 0.484. The van der Waals surface area contributed by atoms with E-state index in [0.717, 1.165) is 6.07 Å². The highest BCUT2D eigenvalue weighted by molar-refractivity contribution is 7.71. The maximum absolute atomic E-state index is 13.8. The van der Waals surface area contributed by atoms with Crippen molar-refractivity contribution in [2.45, 2.75) is 32.5 Å². The number of halogens is 3. The average Bonchev–Trinajstić information content (AvgIpc) is 2.66. The summed E-state index contributed by atoms with van der Waals surface area (Å²) in [5.41, 5.74) is -1.53. The number of fused-ring (bicyclic) bond motifs is 1. The van der Waals surface area contributed by atoms with Gasteiger partial charge in [-0.1, -0.05) is 19.1 Å². The van der Waals surface area contributed by atoms with E-state index in [1.165, 1.54) is 11.7 Å². The van der Waals surface area contributed by atoms with Crippen molar-refractivity contribution in [1.29, 1.82) is 0 Å². The number of aromatic nitrogens is 3. The lowest BCUT2D eigenvalue weighted by Gasteiger charge is -2.19. The van der Waals surface area contributed by atoms with Gasteiger partial charge in [0.2, 0.25) is 0 Å². The molecule has 0 aliphatic carbocycles. The number of hydrogen-bond donors (Lipinski definition) is 1. The first-order valence-electron chi connectivity index (χ1n) is 8.58. The molecule has 9 heteroatoms. The summed E-state index contributed by atoms with van der Waals surface area (Å²) in [5, 5.41) is -0.520. The van der Waals surface area contributed by atoms with Crippen molar-refractivity contribution in [2.24, 2.45) is 0 Å². The molecule has 0 bridgehead atoms. The standard InChI is InChI=1S/C19H18F3N3O2S/c1-4-10(2)25-16-15(17(26)24-18(25)28)13(19(20,21)22)9-14(23-16)11-6-5-7-12(8-11)27-3/h5-10H,4H2,1-3H3,(H,24,26,28). The van der Waals surface area contributed by atoms with Gasteiger partial charge in [0.15, 0.2) is 4.77 Å². The van der Waals surface area contributed by atoms with Crippen molar-refractivity contribution < 1.29 is 17.9 Å². The predicted octanol–water partition coefficient (Wildman–Crippen LogP) is 5.12. The van der Waals surface area contributed by atoms with Crippen molar-refractivity contribution >= 4 is 23.3 Å². The molecule has 0 saturated carbocycles. The zero-order chi connectivity index (χ0) is 20.6. The molecule has 28 heavy (non-hydrogen) atoms. The van der Waals surface area contributed by atoms with Gasteiger partial charge in [0.25, 0.3) is 5.56 Å². The Morgan fingerprint density at radius 3 is 2.64 bits per heavy atom. The van der Waals surface area contributed by atoms with Crippen LogP contribution >= 0.6 is 12.2 Å². The normalized spacial score (nSPS) is 12.9. The second kappa shape index (κ2) is 7.38. The summed E-state index contributed by atoms with van der Waals surface area (Å²) in [6.07, 6.45) is -4.14. The molecule has 0 saturated heterocycles. The fourth-order valence-corrected chi connectivity index (χ4v) is 3.35. The van der Waals surface area contributed by atoms with E-state index in [4.69, 9.17) is 17.0 Å². The number of H-pyrrole nitrogens is 1. The number of hydrogen-bond acceptors (Lipinski definition) is 4. The third-order valence-corrected chi connectivity index (χ3v) is 4.90. The van der Waals surface area contributed by atoms with Crippen molar-refractivity contribution in [3.8, 4) is 17.0 Å². The Labute approximate surface area is 163 Å². The Balaban J connectivity index is 2.49. The summed E-state index contributed by atoms with van der Waals surface area (Å²) in [4.78, 5) is 19.1. The molecule has 2 heterocycles. The molecular weight excluding hydrogens is 391 g/mol.